The average Bonchev–Trinajstić information content (AvgIpc) is 2.56. The first kappa shape index (κ1) is 17.9. The standard InChI is InChI=1S/C20H25NO3/c1-15-6-4-7-18(12-15)23-11-5-10-21-20(22)14-24-19-9-8-16(2)17(3)13-19/h4,6-9,12-13H,5,10-11,14H2,1-3H3,(H,21,22). The van der Waals surface area contributed by atoms with Crippen molar-refractivity contribution >= 4 is 5.91 Å². The fourth-order valence-corrected chi connectivity index (χ4v) is 2.20. The van der Waals surface area contributed by atoms with Crippen molar-refractivity contribution in [3.8, 4) is 11.5 Å². The number of carbonyl (C=O) groups excluding carboxylic acids is 1. The molecule has 128 valence electrons. The molecule has 0 atom stereocenters. The first-order chi connectivity index (χ1) is 11.5. The highest BCUT2D eigenvalue weighted by Crippen LogP contribution is 2.16. The number of rotatable bonds is 8. The Labute approximate surface area is 143 Å². The minimum Gasteiger partial charge on any atom is -0.494 e. The van der Waals surface area contributed by atoms with Crippen LogP contribution < -0.4 is 14.8 Å². The van der Waals surface area contributed by atoms with Gasteiger partial charge in [0.05, 0.1) is 6.61 Å². The van der Waals surface area contributed by atoms with Crippen molar-refractivity contribution in [2.75, 3.05) is 19.8 Å². The predicted molar refractivity (Wildman–Crippen MR) is 95.7 cm³/mol. The zero-order valence-electron chi connectivity index (χ0n) is 14.6. The van der Waals surface area contributed by atoms with Gasteiger partial charge in [-0.05, 0) is 68.1 Å². The monoisotopic (exact) mass is 327 g/mol. The van der Waals surface area contributed by atoms with Gasteiger partial charge in [0.2, 0.25) is 0 Å². The number of benzene rings is 2. The van der Waals surface area contributed by atoms with E-state index in [-0.39, 0.29) is 12.5 Å². The molecule has 1 amide bonds. The smallest absolute Gasteiger partial charge is 0.257 e. The Bertz CT molecular complexity index is 682. The molecule has 0 aliphatic heterocycles. The molecule has 0 spiro atoms. The van der Waals surface area contributed by atoms with Crippen molar-refractivity contribution in [2.24, 2.45) is 0 Å². The van der Waals surface area contributed by atoms with Gasteiger partial charge in [-0.1, -0.05) is 18.2 Å². The zero-order valence-corrected chi connectivity index (χ0v) is 14.6. The molecule has 2 rings (SSSR count). The van der Waals surface area contributed by atoms with Crippen LogP contribution in [0.15, 0.2) is 42.5 Å². The van der Waals surface area contributed by atoms with Crippen LogP contribution in [-0.2, 0) is 4.79 Å². The molecule has 0 unspecified atom stereocenters. The maximum Gasteiger partial charge on any atom is 0.257 e. The van der Waals surface area contributed by atoms with Crippen molar-refractivity contribution < 1.29 is 14.3 Å². The summed E-state index contributed by atoms with van der Waals surface area (Å²) in [6.45, 7) is 7.27. The Morgan fingerprint density at radius 2 is 1.75 bits per heavy atom. The van der Waals surface area contributed by atoms with Crippen molar-refractivity contribution in [1.82, 2.24) is 5.32 Å². The Balaban J connectivity index is 1.60. The summed E-state index contributed by atoms with van der Waals surface area (Å²) in [4.78, 5) is 11.8. The molecule has 0 heterocycles. The molecule has 2 aromatic rings. The molecule has 0 bridgehead atoms. The highest BCUT2D eigenvalue weighted by molar-refractivity contribution is 5.77. The Hall–Kier alpha value is -2.49. The molecule has 0 aliphatic rings. The Morgan fingerprint density at radius 3 is 2.50 bits per heavy atom. The number of carbonyl (C=O) groups is 1. The highest BCUT2D eigenvalue weighted by atomic mass is 16.5. The molecule has 0 saturated heterocycles. The van der Waals surface area contributed by atoms with E-state index in [1.807, 2.05) is 63.2 Å². The lowest BCUT2D eigenvalue weighted by atomic mass is 10.1. The van der Waals surface area contributed by atoms with Crippen LogP contribution in [0.4, 0.5) is 0 Å². The summed E-state index contributed by atoms with van der Waals surface area (Å²) in [5.41, 5.74) is 3.53. The summed E-state index contributed by atoms with van der Waals surface area (Å²) in [6.07, 6.45) is 0.753. The fraction of sp³-hybridized carbons (Fsp3) is 0.350. The quantitative estimate of drug-likeness (QED) is 0.754. The third-order valence-corrected chi connectivity index (χ3v) is 3.75. The number of ether oxygens (including phenoxy) is 2. The van der Waals surface area contributed by atoms with E-state index in [0.717, 1.165) is 23.5 Å². The third kappa shape index (κ3) is 5.95. The van der Waals surface area contributed by atoms with Gasteiger partial charge >= 0.3 is 0 Å². The average molecular weight is 327 g/mol. The van der Waals surface area contributed by atoms with Gasteiger partial charge in [-0.2, -0.15) is 0 Å². The molecule has 4 nitrogen and oxygen atoms in total. The normalized spacial score (nSPS) is 10.3. The number of aryl methyl sites for hydroxylation is 3. The van der Waals surface area contributed by atoms with Crippen molar-refractivity contribution in [3.05, 3.63) is 59.2 Å². The lowest BCUT2D eigenvalue weighted by Crippen LogP contribution is -2.30. The fourth-order valence-electron chi connectivity index (χ4n) is 2.20. The van der Waals surface area contributed by atoms with E-state index >= 15 is 0 Å². The van der Waals surface area contributed by atoms with Crippen LogP contribution in [0.5, 0.6) is 11.5 Å². The van der Waals surface area contributed by atoms with Gasteiger partial charge in [0.25, 0.3) is 5.91 Å². The van der Waals surface area contributed by atoms with Crippen molar-refractivity contribution in [2.45, 2.75) is 27.2 Å². The first-order valence-corrected chi connectivity index (χ1v) is 8.21. The molecule has 4 heteroatoms. The van der Waals surface area contributed by atoms with E-state index < -0.39 is 0 Å². The van der Waals surface area contributed by atoms with Gasteiger partial charge in [0, 0.05) is 6.54 Å². The highest BCUT2D eigenvalue weighted by Gasteiger charge is 2.03. The first-order valence-electron chi connectivity index (χ1n) is 8.21. The second kappa shape index (κ2) is 8.96. The van der Waals surface area contributed by atoms with Crippen LogP contribution in [0.2, 0.25) is 0 Å². The lowest BCUT2D eigenvalue weighted by Gasteiger charge is -2.10. The molecule has 0 aromatic heterocycles. The summed E-state index contributed by atoms with van der Waals surface area (Å²) in [5.74, 6) is 1.46. The van der Waals surface area contributed by atoms with Crippen LogP contribution in [-0.4, -0.2) is 25.7 Å². The maximum absolute atomic E-state index is 11.8. The van der Waals surface area contributed by atoms with Gasteiger partial charge < -0.3 is 14.8 Å². The van der Waals surface area contributed by atoms with E-state index in [2.05, 4.69) is 5.32 Å². The summed E-state index contributed by atoms with van der Waals surface area (Å²) in [5, 5.41) is 2.83. The second-order valence-electron chi connectivity index (χ2n) is 5.90. The van der Waals surface area contributed by atoms with Crippen LogP contribution in [0, 0.1) is 20.8 Å². The summed E-state index contributed by atoms with van der Waals surface area (Å²) in [6, 6.07) is 13.7. The molecular weight excluding hydrogens is 302 g/mol. The van der Waals surface area contributed by atoms with Gasteiger partial charge in [-0.3, -0.25) is 4.79 Å². The molecular formula is C20H25NO3. The molecule has 2 aromatic carbocycles. The molecule has 24 heavy (non-hydrogen) atoms. The Morgan fingerprint density at radius 1 is 0.958 bits per heavy atom. The summed E-state index contributed by atoms with van der Waals surface area (Å²) in [7, 11) is 0. The maximum atomic E-state index is 11.8. The Kier molecular flexibility index (Phi) is 6.67. The van der Waals surface area contributed by atoms with Gasteiger partial charge in [-0.15, -0.1) is 0 Å². The third-order valence-electron chi connectivity index (χ3n) is 3.75. The summed E-state index contributed by atoms with van der Waals surface area (Å²) < 4.78 is 11.1. The van der Waals surface area contributed by atoms with Crippen LogP contribution in [0.25, 0.3) is 0 Å². The van der Waals surface area contributed by atoms with Crippen molar-refractivity contribution in [1.29, 1.82) is 0 Å². The number of hydrogen-bond donors (Lipinski definition) is 1. The number of amides is 1. The predicted octanol–water partition coefficient (Wildman–Crippen LogP) is 3.58. The molecule has 0 radical (unpaired) electrons. The molecule has 0 aliphatic carbocycles. The number of hydrogen-bond acceptors (Lipinski definition) is 3. The van der Waals surface area contributed by atoms with E-state index in [4.69, 9.17) is 9.47 Å². The van der Waals surface area contributed by atoms with Crippen LogP contribution in [0.1, 0.15) is 23.1 Å². The SMILES string of the molecule is Cc1cccc(OCCCNC(=O)COc2ccc(C)c(C)c2)c1. The largest absolute Gasteiger partial charge is 0.494 e. The lowest BCUT2D eigenvalue weighted by molar-refractivity contribution is -0.123. The summed E-state index contributed by atoms with van der Waals surface area (Å²) >= 11 is 0. The van der Waals surface area contributed by atoms with Gasteiger partial charge in [0.1, 0.15) is 11.5 Å². The minimum atomic E-state index is -0.121. The van der Waals surface area contributed by atoms with E-state index in [1.54, 1.807) is 0 Å². The molecule has 0 fully saturated rings. The van der Waals surface area contributed by atoms with Crippen LogP contribution in [0.3, 0.4) is 0 Å². The minimum absolute atomic E-state index is 0.0290. The van der Waals surface area contributed by atoms with E-state index in [1.165, 1.54) is 11.1 Å². The number of nitrogens with one attached hydrogen (secondary N) is 1. The molecule has 1 N–H and O–H groups in total. The second-order valence-corrected chi connectivity index (χ2v) is 5.90. The topological polar surface area (TPSA) is 47.6 Å². The van der Waals surface area contributed by atoms with E-state index in [0.29, 0.717) is 13.2 Å². The van der Waals surface area contributed by atoms with Crippen molar-refractivity contribution in [3.63, 3.8) is 0 Å². The van der Waals surface area contributed by atoms with E-state index in [9.17, 15) is 4.79 Å². The van der Waals surface area contributed by atoms with Gasteiger partial charge in [0.15, 0.2) is 6.61 Å². The molecule has 0 saturated carbocycles. The zero-order chi connectivity index (χ0) is 17.4. The van der Waals surface area contributed by atoms with Crippen LogP contribution >= 0.6 is 0 Å². The van der Waals surface area contributed by atoms with Gasteiger partial charge in [-0.25, -0.2) is 0 Å².